The van der Waals surface area contributed by atoms with Gasteiger partial charge in [-0.05, 0) is 37.6 Å². The zero-order valence-electron chi connectivity index (χ0n) is 12.3. The van der Waals surface area contributed by atoms with E-state index in [2.05, 4.69) is 0 Å². The molecular formula is C16H20O5. The third-order valence-corrected chi connectivity index (χ3v) is 2.61. The Hall–Kier alpha value is -2.30. The molecule has 0 radical (unpaired) electrons. The minimum Gasteiger partial charge on any atom is -0.490 e. The summed E-state index contributed by atoms with van der Waals surface area (Å²) in [6.07, 6.45) is 2.87. The topological polar surface area (TPSA) is 72.8 Å². The monoisotopic (exact) mass is 292 g/mol. The van der Waals surface area contributed by atoms with Gasteiger partial charge in [0.1, 0.15) is 0 Å². The Bertz CT molecular complexity index is 519. The van der Waals surface area contributed by atoms with Gasteiger partial charge >= 0.3 is 5.97 Å². The molecule has 0 aliphatic heterocycles. The molecule has 114 valence electrons. The van der Waals surface area contributed by atoms with Crippen molar-refractivity contribution in [3.05, 3.63) is 29.8 Å². The van der Waals surface area contributed by atoms with E-state index in [1.165, 1.54) is 6.08 Å². The van der Waals surface area contributed by atoms with Gasteiger partial charge in [0.2, 0.25) is 0 Å². The first-order valence-electron chi connectivity index (χ1n) is 6.89. The Morgan fingerprint density at radius 1 is 1.10 bits per heavy atom. The molecule has 0 fully saturated rings. The molecule has 0 bridgehead atoms. The van der Waals surface area contributed by atoms with Gasteiger partial charge in [-0.25, -0.2) is 0 Å². The molecule has 0 amide bonds. The molecule has 21 heavy (non-hydrogen) atoms. The van der Waals surface area contributed by atoms with Crippen molar-refractivity contribution in [2.24, 2.45) is 0 Å². The van der Waals surface area contributed by atoms with Crippen LogP contribution in [0.5, 0.6) is 11.5 Å². The number of hydrogen-bond acceptors (Lipinski definition) is 4. The van der Waals surface area contributed by atoms with Crippen molar-refractivity contribution in [2.75, 3.05) is 13.2 Å². The fourth-order valence-electron chi connectivity index (χ4n) is 1.67. The average Bonchev–Trinajstić information content (AvgIpc) is 2.45. The van der Waals surface area contributed by atoms with Crippen LogP contribution in [-0.4, -0.2) is 30.1 Å². The first kappa shape index (κ1) is 16.8. The molecule has 0 spiro atoms. The molecule has 0 aromatic heterocycles. The van der Waals surface area contributed by atoms with E-state index in [1.54, 1.807) is 18.2 Å². The van der Waals surface area contributed by atoms with Crippen molar-refractivity contribution < 1.29 is 24.2 Å². The summed E-state index contributed by atoms with van der Waals surface area (Å²) in [6.45, 7) is 4.84. The molecule has 0 unspecified atom stereocenters. The second kappa shape index (κ2) is 8.79. The Morgan fingerprint density at radius 2 is 1.76 bits per heavy atom. The van der Waals surface area contributed by atoms with Crippen molar-refractivity contribution >= 4 is 17.8 Å². The number of ketones is 1. The van der Waals surface area contributed by atoms with Crippen molar-refractivity contribution in [2.45, 2.75) is 26.7 Å². The molecule has 1 aromatic carbocycles. The van der Waals surface area contributed by atoms with Crippen LogP contribution in [0, 0.1) is 0 Å². The van der Waals surface area contributed by atoms with Gasteiger partial charge < -0.3 is 14.6 Å². The maximum atomic E-state index is 11.5. The number of carbonyl (C=O) groups is 2. The third kappa shape index (κ3) is 6.12. The van der Waals surface area contributed by atoms with Crippen LogP contribution in [0.15, 0.2) is 24.3 Å². The van der Waals surface area contributed by atoms with E-state index in [9.17, 15) is 9.59 Å². The molecule has 0 aliphatic rings. The number of aliphatic carboxylic acids is 1. The Balaban J connectivity index is 2.76. The molecule has 0 saturated carbocycles. The largest absolute Gasteiger partial charge is 0.490 e. The lowest BCUT2D eigenvalue weighted by Gasteiger charge is -2.11. The van der Waals surface area contributed by atoms with Crippen LogP contribution in [0.25, 0.3) is 6.08 Å². The first-order valence-corrected chi connectivity index (χ1v) is 6.89. The van der Waals surface area contributed by atoms with Gasteiger partial charge in [-0.2, -0.15) is 0 Å². The number of carbonyl (C=O) groups excluding carboxylic acids is 1. The Labute approximate surface area is 124 Å². The fourth-order valence-corrected chi connectivity index (χ4v) is 1.67. The van der Waals surface area contributed by atoms with Crippen LogP contribution < -0.4 is 9.47 Å². The van der Waals surface area contributed by atoms with Crippen LogP contribution in [0.1, 0.15) is 32.3 Å². The van der Waals surface area contributed by atoms with Crippen LogP contribution in [0.2, 0.25) is 0 Å². The van der Waals surface area contributed by atoms with Gasteiger partial charge in [-0.15, -0.1) is 0 Å². The van der Waals surface area contributed by atoms with E-state index in [4.69, 9.17) is 14.6 Å². The summed E-state index contributed by atoms with van der Waals surface area (Å²) in [5.41, 5.74) is 0.797. The number of carboxylic acid groups (broad SMARTS) is 1. The molecule has 1 aromatic rings. The van der Waals surface area contributed by atoms with Crippen molar-refractivity contribution in [3.63, 3.8) is 0 Å². The number of benzene rings is 1. The minimum absolute atomic E-state index is 0.00117. The summed E-state index contributed by atoms with van der Waals surface area (Å²) >= 11 is 0. The summed E-state index contributed by atoms with van der Waals surface area (Å²) in [5.74, 6) is 0.0916. The lowest BCUT2D eigenvalue weighted by atomic mass is 10.1. The van der Waals surface area contributed by atoms with Gasteiger partial charge in [0.15, 0.2) is 17.3 Å². The maximum Gasteiger partial charge on any atom is 0.303 e. The predicted octanol–water partition coefficient (Wildman–Crippen LogP) is 2.93. The van der Waals surface area contributed by atoms with Crippen molar-refractivity contribution in [3.8, 4) is 11.5 Å². The highest BCUT2D eigenvalue weighted by Gasteiger charge is 2.06. The second-order valence-corrected chi connectivity index (χ2v) is 4.27. The molecule has 0 aliphatic carbocycles. The van der Waals surface area contributed by atoms with Gasteiger partial charge in [-0.1, -0.05) is 12.1 Å². The van der Waals surface area contributed by atoms with E-state index in [0.29, 0.717) is 24.7 Å². The number of carboxylic acids is 1. The minimum atomic E-state index is -0.976. The van der Waals surface area contributed by atoms with E-state index in [-0.39, 0.29) is 18.6 Å². The second-order valence-electron chi connectivity index (χ2n) is 4.27. The number of ether oxygens (including phenoxy) is 2. The van der Waals surface area contributed by atoms with E-state index in [1.807, 2.05) is 19.9 Å². The lowest BCUT2D eigenvalue weighted by molar-refractivity contribution is -0.138. The van der Waals surface area contributed by atoms with Gasteiger partial charge in [0.05, 0.1) is 19.6 Å². The number of allylic oxidation sites excluding steroid dienone is 1. The highest BCUT2D eigenvalue weighted by Crippen LogP contribution is 2.29. The third-order valence-electron chi connectivity index (χ3n) is 2.61. The van der Waals surface area contributed by atoms with Crippen LogP contribution >= 0.6 is 0 Å². The van der Waals surface area contributed by atoms with Gasteiger partial charge in [-0.3, -0.25) is 9.59 Å². The summed E-state index contributed by atoms with van der Waals surface area (Å²) < 4.78 is 10.9. The molecule has 5 nitrogen and oxygen atoms in total. The fraction of sp³-hybridized carbons (Fsp3) is 0.375. The highest BCUT2D eigenvalue weighted by atomic mass is 16.5. The number of hydrogen-bond donors (Lipinski definition) is 1. The van der Waals surface area contributed by atoms with Gasteiger partial charge in [0, 0.05) is 6.42 Å². The zero-order valence-corrected chi connectivity index (χ0v) is 12.3. The Morgan fingerprint density at radius 3 is 2.38 bits per heavy atom. The molecule has 0 atom stereocenters. The van der Waals surface area contributed by atoms with Crippen molar-refractivity contribution in [1.82, 2.24) is 0 Å². The molecule has 0 heterocycles. The van der Waals surface area contributed by atoms with Gasteiger partial charge in [0.25, 0.3) is 0 Å². The summed E-state index contributed by atoms with van der Waals surface area (Å²) in [4.78, 5) is 21.9. The smallest absolute Gasteiger partial charge is 0.303 e. The standard InChI is InChI=1S/C16H20O5/c1-3-20-14-9-6-12(11-15(14)21-4-2)5-7-13(17)8-10-16(18)19/h5-7,9,11H,3-4,8,10H2,1-2H3,(H,18,19). The molecule has 0 saturated heterocycles. The van der Waals surface area contributed by atoms with Crippen LogP contribution in [0.4, 0.5) is 0 Å². The highest BCUT2D eigenvalue weighted by molar-refractivity contribution is 5.95. The summed E-state index contributed by atoms with van der Waals surface area (Å²) in [5, 5.41) is 8.52. The van der Waals surface area contributed by atoms with E-state index < -0.39 is 5.97 Å². The molecule has 1 N–H and O–H groups in total. The zero-order chi connectivity index (χ0) is 15.7. The molecule has 1 rings (SSSR count). The SMILES string of the molecule is CCOc1ccc(C=CC(=O)CCC(=O)O)cc1OCC. The average molecular weight is 292 g/mol. The summed E-state index contributed by atoms with van der Waals surface area (Å²) in [7, 11) is 0. The van der Waals surface area contributed by atoms with Crippen LogP contribution in [-0.2, 0) is 9.59 Å². The lowest BCUT2D eigenvalue weighted by Crippen LogP contribution is -2.00. The summed E-state index contributed by atoms with van der Waals surface area (Å²) in [6, 6.07) is 5.39. The first-order chi connectivity index (χ1) is 10.1. The van der Waals surface area contributed by atoms with Crippen molar-refractivity contribution in [1.29, 1.82) is 0 Å². The maximum absolute atomic E-state index is 11.5. The Kier molecular flexibility index (Phi) is 7.01. The molecule has 5 heteroatoms. The number of rotatable bonds is 9. The van der Waals surface area contributed by atoms with Crippen LogP contribution in [0.3, 0.4) is 0 Å². The quantitative estimate of drug-likeness (QED) is 0.708. The predicted molar refractivity (Wildman–Crippen MR) is 79.7 cm³/mol. The van der Waals surface area contributed by atoms with E-state index >= 15 is 0 Å². The van der Waals surface area contributed by atoms with E-state index in [0.717, 1.165) is 5.56 Å². The molecular weight excluding hydrogens is 272 g/mol. The normalized spacial score (nSPS) is 10.6.